The van der Waals surface area contributed by atoms with E-state index < -0.39 is 0 Å². The van der Waals surface area contributed by atoms with Crippen LogP contribution in [0.15, 0.2) is 48.5 Å². The molecule has 0 atom stereocenters. The summed E-state index contributed by atoms with van der Waals surface area (Å²) in [7, 11) is 0. The normalized spacial score (nSPS) is 10.4. The van der Waals surface area contributed by atoms with Gasteiger partial charge in [-0.15, -0.1) is 0 Å². The second-order valence-corrected chi connectivity index (χ2v) is 7.03. The van der Waals surface area contributed by atoms with Crippen LogP contribution in [0.2, 0.25) is 5.02 Å². The van der Waals surface area contributed by atoms with Crippen LogP contribution in [0.1, 0.15) is 54.9 Å². The van der Waals surface area contributed by atoms with Gasteiger partial charge in [0.2, 0.25) is 5.91 Å². The maximum absolute atomic E-state index is 12.1. The Hall–Kier alpha value is -2.53. The van der Waals surface area contributed by atoms with Gasteiger partial charge in [0, 0.05) is 10.6 Å². The highest BCUT2D eigenvalue weighted by Gasteiger charge is 2.08. The van der Waals surface area contributed by atoms with E-state index in [0.29, 0.717) is 17.2 Å². The third kappa shape index (κ3) is 8.01. The first-order chi connectivity index (χ1) is 13.6. The molecular weight excluding hydrogens is 376 g/mol. The number of nitrogens with one attached hydrogen (secondary N) is 2. The number of hydrogen-bond donors (Lipinski definition) is 2. The molecule has 0 fully saturated rings. The van der Waals surface area contributed by atoms with E-state index in [1.807, 2.05) is 0 Å². The first-order valence-electron chi connectivity index (χ1n) is 9.65. The minimum Gasteiger partial charge on any atom is -0.494 e. The molecule has 2 rings (SSSR count). The van der Waals surface area contributed by atoms with Gasteiger partial charge in [0.05, 0.1) is 13.0 Å². The van der Waals surface area contributed by atoms with E-state index in [2.05, 4.69) is 17.8 Å². The number of carbonyl (C=O) groups is 2. The number of benzene rings is 2. The molecule has 0 saturated heterocycles. The van der Waals surface area contributed by atoms with Crippen molar-refractivity contribution in [2.45, 2.75) is 45.4 Å². The van der Waals surface area contributed by atoms with Gasteiger partial charge in [0.25, 0.3) is 5.91 Å². The molecule has 28 heavy (non-hydrogen) atoms. The van der Waals surface area contributed by atoms with Gasteiger partial charge in [0.1, 0.15) is 5.75 Å². The molecule has 150 valence electrons. The quantitative estimate of drug-likeness (QED) is 0.447. The van der Waals surface area contributed by atoms with Crippen LogP contribution < -0.4 is 15.6 Å². The monoisotopic (exact) mass is 402 g/mol. The largest absolute Gasteiger partial charge is 0.494 e. The topological polar surface area (TPSA) is 67.4 Å². The second-order valence-electron chi connectivity index (χ2n) is 6.59. The predicted molar refractivity (Wildman–Crippen MR) is 111 cm³/mol. The molecule has 0 aliphatic rings. The number of hydrazine groups is 1. The zero-order valence-electron chi connectivity index (χ0n) is 16.2. The first-order valence-corrected chi connectivity index (χ1v) is 10.0. The second kappa shape index (κ2) is 12.0. The van der Waals surface area contributed by atoms with E-state index in [0.717, 1.165) is 17.7 Å². The zero-order valence-corrected chi connectivity index (χ0v) is 16.9. The van der Waals surface area contributed by atoms with Gasteiger partial charge in [-0.3, -0.25) is 20.4 Å². The minimum absolute atomic E-state index is 0.155. The lowest BCUT2D eigenvalue weighted by molar-refractivity contribution is -0.121. The molecule has 0 aromatic heterocycles. The Morgan fingerprint density at radius 3 is 2.25 bits per heavy atom. The molecule has 0 heterocycles. The van der Waals surface area contributed by atoms with E-state index in [1.165, 1.54) is 25.7 Å². The van der Waals surface area contributed by atoms with Crippen molar-refractivity contribution >= 4 is 23.4 Å². The number of carbonyl (C=O) groups excluding carboxylic acids is 2. The Balaban J connectivity index is 1.70. The standard InChI is InChI=1S/C22H27ClN2O3/c1-2-3-4-5-6-15-28-20-13-9-18(10-14-20)22(27)25-24-21(26)16-17-7-11-19(23)12-8-17/h7-14H,2-6,15-16H2,1H3,(H,24,26)(H,25,27). The van der Waals surface area contributed by atoms with Crippen molar-refractivity contribution in [1.82, 2.24) is 10.9 Å². The molecule has 0 radical (unpaired) electrons. The van der Waals surface area contributed by atoms with Crippen LogP contribution >= 0.6 is 11.6 Å². The van der Waals surface area contributed by atoms with Gasteiger partial charge in [-0.2, -0.15) is 0 Å². The summed E-state index contributed by atoms with van der Waals surface area (Å²) in [5.41, 5.74) is 6.09. The van der Waals surface area contributed by atoms with Crippen molar-refractivity contribution in [2.24, 2.45) is 0 Å². The van der Waals surface area contributed by atoms with E-state index in [4.69, 9.17) is 16.3 Å². The van der Waals surface area contributed by atoms with Gasteiger partial charge in [0.15, 0.2) is 0 Å². The molecule has 0 spiro atoms. The van der Waals surface area contributed by atoms with E-state index in [-0.39, 0.29) is 18.2 Å². The van der Waals surface area contributed by atoms with Crippen LogP contribution in [-0.2, 0) is 11.2 Å². The van der Waals surface area contributed by atoms with Crippen LogP contribution in [0, 0.1) is 0 Å². The van der Waals surface area contributed by atoms with Crippen molar-refractivity contribution in [1.29, 1.82) is 0 Å². The summed E-state index contributed by atoms with van der Waals surface area (Å²) in [4.78, 5) is 24.1. The van der Waals surface area contributed by atoms with Crippen LogP contribution in [0.4, 0.5) is 0 Å². The lowest BCUT2D eigenvalue weighted by atomic mass is 10.1. The molecule has 0 unspecified atom stereocenters. The summed E-state index contributed by atoms with van der Waals surface area (Å²) in [5, 5.41) is 0.612. The molecule has 2 amide bonds. The van der Waals surface area contributed by atoms with Crippen molar-refractivity contribution in [3.8, 4) is 5.75 Å². The number of unbranched alkanes of at least 4 members (excludes halogenated alkanes) is 4. The highest BCUT2D eigenvalue weighted by Crippen LogP contribution is 2.13. The van der Waals surface area contributed by atoms with Crippen LogP contribution in [0.25, 0.3) is 0 Å². The summed E-state index contributed by atoms with van der Waals surface area (Å²) in [6, 6.07) is 13.8. The molecule has 0 aliphatic carbocycles. The number of ether oxygens (including phenoxy) is 1. The molecule has 5 nitrogen and oxygen atoms in total. The van der Waals surface area contributed by atoms with Crippen molar-refractivity contribution in [3.63, 3.8) is 0 Å². The molecule has 2 N–H and O–H groups in total. The van der Waals surface area contributed by atoms with E-state index >= 15 is 0 Å². The van der Waals surface area contributed by atoms with Crippen molar-refractivity contribution < 1.29 is 14.3 Å². The fourth-order valence-corrected chi connectivity index (χ4v) is 2.75. The van der Waals surface area contributed by atoms with E-state index in [9.17, 15) is 9.59 Å². The first kappa shape index (κ1) is 21.8. The summed E-state index contributed by atoms with van der Waals surface area (Å²) >= 11 is 5.82. The average Bonchev–Trinajstić information content (AvgIpc) is 2.71. The maximum Gasteiger partial charge on any atom is 0.269 e. The van der Waals surface area contributed by atoms with Gasteiger partial charge in [-0.1, -0.05) is 56.3 Å². The third-order valence-electron chi connectivity index (χ3n) is 4.23. The Kier molecular flexibility index (Phi) is 9.35. The number of rotatable bonds is 10. The maximum atomic E-state index is 12.1. The molecule has 0 saturated carbocycles. The summed E-state index contributed by atoms with van der Waals surface area (Å²) in [5.74, 6) is 0.0492. The molecule has 2 aromatic rings. The summed E-state index contributed by atoms with van der Waals surface area (Å²) < 4.78 is 5.68. The lowest BCUT2D eigenvalue weighted by Crippen LogP contribution is -2.42. The van der Waals surface area contributed by atoms with Crippen LogP contribution in [0.5, 0.6) is 5.75 Å². The van der Waals surface area contributed by atoms with Crippen LogP contribution in [0.3, 0.4) is 0 Å². The minimum atomic E-state index is -0.379. The average molecular weight is 403 g/mol. The highest BCUT2D eigenvalue weighted by molar-refractivity contribution is 6.30. The Bertz CT molecular complexity index is 745. The molecule has 2 aromatic carbocycles. The molecule has 0 aliphatic heterocycles. The summed E-state index contributed by atoms with van der Waals surface area (Å²) in [6.07, 6.45) is 6.09. The van der Waals surface area contributed by atoms with E-state index in [1.54, 1.807) is 48.5 Å². The Morgan fingerprint density at radius 2 is 1.57 bits per heavy atom. The smallest absolute Gasteiger partial charge is 0.269 e. The molecular formula is C22H27ClN2O3. The third-order valence-corrected chi connectivity index (χ3v) is 4.48. The van der Waals surface area contributed by atoms with Gasteiger partial charge >= 0.3 is 0 Å². The molecule has 0 bridgehead atoms. The van der Waals surface area contributed by atoms with Gasteiger partial charge in [-0.05, 0) is 48.4 Å². The van der Waals surface area contributed by atoms with Crippen molar-refractivity contribution in [3.05, 3.63) is 64.7 Å². The lowest BCUT2D eigenvalue weighted by Gasteiger charge is -2.09. The fourth-order valence-electron chi connectivity index (χ4n) is 2.63. The fraction of sp³-hybridized carbons (Fsp3) is 0.364. The van der Waals surface area contributed by atoms with Gasteiger partial charge in [-0.25, -0.2) is 0 Å². The Labute approximate surface area is 171 Å². The van der Waals surface area contributed by atoms with Gasteiger partial charge < -0.3 is 4.74 Å². The number of amides is 2. The molecule has 6 heteroatoms. The van der Waals surface area contributed by atoms with Crippen molar-refractivity contribution in [2.75, 3.05) is 6.61 Å². The van der Waals surface area contributed by atoms with Crippen LogP contribution in [-0.4, -0.2) is 18.4 Å². The highest BCUT2D eigenvalue weighted by atomic mass is 35.5. The zero-order chi connectivity index (χ0) is 20.2. The number of hydrogen-bond acceptors (Lipinski definition) is 3. The summed E-state index contributed by atoms with van der Waals surface area (Å²) in [6.45, 7) is 2.87. The predicted octanol–water partition coefficient (Wildman–Crippen LogP) is 4.69. The Morgan fingerprint density at radius 1 is 0.893 bits per heavy atom. The number of halogens is 1. The SMILES string of the molecule is CCCCCCCOc1ccc(C(=O)NNC(=O)Cc2ccc(Cl)cc2)cc1.